The van der Waals surface area contributed by atoms with Crippen molar-refractivity contribution in [2.24, 2.45) is 0 Å². The molecular weight excluding hydrogens is 270 g/mol. The smallest absolute Gasteiger partial charge is 0.354 e. The third-order valence-electron chi connectivity index (χ3n) is 3.09. The Balaban J connectivity index is 2.17. The second-order valence-corrected chi connectivity index (χ2v) is 4.95. The molecule has 1 fully saturated rings. The van der Waals surface area contributed by atoms with Gasteiger partial charge in [0, 0.05) is 0 Å². The van der Waals surface area contributed by atoms with Gasteiger partial charge in [-0.15, -0.1) is 0 Å². The minimum atomic E-state index is -0.271. The minimum absolute atomic E-state index is 0.271. The van der Waals surface area contributed by atoms with Crippen molar-refractivity contribution in [3.63, 3.8) is 0 Å². The van der Waals surface area contributed by atoms with Crippen molar-refractivity contribution in [2.75, 3.05) is 6.61 Å². The summed E-state index contributed by atoms with van der Waals surface area (Å²) in [6, 6.07) is 1.93. The molecule has 1 aliphatic rings. The van der Waals surface area contributed by atoms with E-state index < -0.39 is 0 Å². The molecule has 0 saturated heterocycles. The molecule has 16 heavy (non-hydrogen) atoms. The molecule has 1 aromatic heterocycles. The van der Waals surface area contributed by atoms with Gasteiger partial charge in [-0.1, -0.05) is 12.8 Å². The summed E-state index contributed by atoms with van der Waals surface area (Å²) in [5.41, 5.74) is 1.77. The lowest BCUT2D eigenvalue weighted by Gasteiger charge is -2.06. The molecule has 4 heteroatoms. The van der Waals surface area contributed by atoms with Crippen LogP contribution < -0.4 is 0 Å². The van der Waals surface area contributed by atoms with Crippen LogP contribution in [0.4, 0.5) is 0 Å². The summed E-state index contributed by atoms with van der Waals surface area (Å²) < 4.78 is 5.90. The predicted molar refractivity (Wildman–Crippen MR) is 65.7 cm³/mol. The molecule has 0 aromatic carbocycles. The Morgan fingerprint density at radius 1 is 1.56 bits per heavy atom. The highest BCUT2D eigenvalue weighted by Crippen LogP contribution is 2.38. The van der Waals surface area contributed by atoms with Gasteiger partial charge in [0.15, 0.2) is 0 Å². The standard InChI is InChI=1S/C12H16BrNO2/c1-2-16-12(15)10-7-9(11(13)14-10)8-5-3-4-6-8/h7-8,14H,2-6H2,1H3. The molecule has 0 radical (unpaired) electrons. The van der Waals surface area contributed by atoms with Crippen molar-refractivity contribution in [3.8, 4) is 0 Å². The first-order valence-electron chi connectivity index (χ1n) is 5.78. The topological polar surface area (TPSA) is 42.1 Å². The number of hydrogen-bond donors (Lipinski definition) is 1. The highest BCUT2D eigenvalue weighted by Gasteiger charge is 2.22. The molecule has 3 nitrogen and oxygen atoms in total. The zero-order valence-electron chi connectivity index (χ0n) is 9.38. The number of ether oxygens (including phenoxy) is 1. The summed E-state index contributed by atoms with van der Waals surface area (Å²) in [7, 11) is 0. The van der Waals surface area contributed by atoms with Gasteiger partial charge in [-0.3, -0.25) is 0 Å². The van der Waals surface area contributed by atoms with E-state index in [1.807, 2.05) is 13.0 Å². The molecule has 1 N–H and O–H groups in total. The third-order valence-corrected chi connectivity index (χ3v) is 3.74. The second kappa shape index (κ2) is 5.04. The predicted octanol–water partition coefficient (Wildman–Crippen LogP) is 3.61. The van der Waals surface area contributed by atoms with Gasteiger partial charge < -0.3 is 9.72 Å². The van der Waals surface area contributed by atoms with Crippen LogP contribution in [0.1, 0.15) is 54.6 Å². The SMILES string of the molecule is CCOC(=O)c1cc(C2CCCC2)c(Br)[nH]1. The van der Waals surface area contributed by atoms with Crippen LogP contribution in [0.3, 0.4) is 0 Å². The summed E-state index contributed by atoms with van der Waals surface area (Å²) in [6.07, 6.45) is 5.02. The van der Waals surface area contributed by atoms with E-state index >= 15 is 0 Å². The maximum absolute atomic E-state index is 11.6. The first-order valence-corrected chi connectivity index (χ1v) is 6.57. The van der Waals surface area contributed by atoms with Gasteiger partial charge >= 0.3 is 5.97 Å². The maximum Gasteiger partial charge on any atom is 0.354 e. The number of carbonyl (C=O) groups is 1. The Labute approximate surface area is 104 Å². The molecular formula is C12H16BrNO2. The molecule has 0 aliphatic heterocycles. The van der Waals surface area contributed by atoms with Crippen LogP contribution in [0, 0.1) is 0 Å². The largest absolute Gasteiger partial charge is 0.461 e. The summed E-state index contributed by atoms with van der Waals surface area (Å²) in [4.78, 5) is 14.6. The Kier molecular flexibility index (Phi) is 3.69. The van der Waals surface area contributed by atoms with Gasteiger partial charge in [0.05, 0.1) is 11.2 Å². The van der Waals surface area contributed by atoms with Crippen LogP contribution in [0.25, 0.3) is 0 Å². The average molecular weight is 286 g/mol. The van der Waals surface area contributed by atoms with Crippen molar-refractivity contribution < 1.29 is 9.53 Å². The van der Waals surface area contributed by atoms with Crippen molar-refractivity contribution >= 4 is 21.9 Å². The Bertz CT molecular complexity index is 380. The van der Waals surface area contributed by atoms with Crippen molar-refractivity contribution in [1.82, 2.24) is 4.98 Å². The lowest BCUT2D eigenvalue weighted by molar-refractivity contribution is 0.0520. The lowest BCUT2D eigenvalue weighted by atomic mass is 10.0. The Morgan fingerprint density at radius 2 is 2.25 bits per heavy atom. The van der Waals surface area contributed by atoms with Gasteiger partial charge in [-0.05, 0) is 53.2 Å². The summed E-state index contributed by atoms with van der Waals surface area (Å²) in [6.45, 7) is 2.22. The first kappa shape index (κ1) is 11.7. The number of esters is 1. The van der Waals surface area contributed by atoms with Crippen LogP contribution in [-0.2, 0) is 4.74 Å². The van der Waals surface area contributed by atoms with E-state index in [0.29, 0.717) is 18.2 Å². The van der Waals surface area contributed by atoms with Crippen LogP contribution in [-0.4, -0.2) is 17.6 Å². The van der Waals surface area contributed by atoms with Crippen molar-refractivity contribution in [2.45, 2.75) is 38.5 Å². The molecule has 1 saturated carbocycles. The zero-order valence-corrected chi connectivity index (χ0v) is 11.0. The molecule has 0 spiro atoms. The third kappa shape index (κ3) is 2.32. The summed E-state index contributed by atoms with van der Waals surface area (Å²) in [5.74, 6) is 0.321. The fraction of sp³-hybridized carbons (Fsp3) is 0.583. The average Bonchev–Trinajstić information content (AvgIpc) is 2.86. The van der Waals surface area contributed by atoms with E-state index in [1.54, 1.807) is 0 Å². The van der Waals surface area contributed by atoms with Crippen LogP contribution >= 0.6 is 15.9 Å². The highest BCUT2D eigenvalue weighted by atomic mass is 79.9. The number of hydrogen-bond acceptors (Lipinski definition) is 2. The lowest BCUT2D eigenvalue weighted by Crippen LogP contribution is -2.04. The number of carbonyl (C=O) groups excluding carboxylic acids is 1. The molecule has 0 bridgehead atoms. The quantitative estimate of drug-likeness (QED) is 0.862. The summed E-state index contributed by atoms with van der Waals surface area (Å²) in [5, 5.41) is 0. The normalized spacial score (nSPS) is 16.6. The van der Waals surface area contributed by atoms with E-state index in [2.05, 4.69) is 20.9 Å². The van der Waals surface area contributed by atoms with Crippen molar-refractivity contribution in [1.29, 1.82) is 0 Å². The van der Waals surface area contributed by atoms with E-state index in [1.165, 1.54) is 31.2 Å². The van der Waals surface area contributed by atoms with Crippen molar-refractivity contribution in [3.05, 3.63) is 21.9 Å². The minimum Gasteiger partial charge on any atom is -0.461 e. The van der Waals surface area contributed by atoms with E-state index in [9.17, 15) is 4.79 Å². The molecule has 0 amide bonds. The van der Waals surface area contributed by atoms with Gasteiger partial charge in [0.2, 0.25) is 0 Å². The monoisotopic (exact) mass is 285 g/mol. The fourth-order valence-corrected chi connectivity index (χ4v) is 2.95. The number of aromatic nitrogens is 1. The van der Waals surface area contributed by atoms with Crippen LogP contribution in [0.5, 0.6) is 0 Å². The number of halogens is 1. The number of nitrogens with one attached hydrogen (secondary N) is 1. The zero-order chi connectivity index (χ0) is 11.5. The molecule has 0 atom stereocenters. The van der Waals surface area contributed by atoms with Gasteiger partial charge in [0.25, 0.3) is 0 Å². The van der Waals surface area contributed by atoms with E-state index in [-0.39, 0.29) is 5.97 Å². The Hall–Kier alpha value is -0.770. The highest BCUT2D eigenvalue weighted by molar-refractivity contribution is 9.10. The fourth-order valence-electron chi connectivity index (χ4n) is 2.30. The first-order chi connectivity index (χ1) is 7.72. The molecule has 0 unspecified atom stereocenters. The van der Waals surface area contributed by atoms with Crippen LogP contribution in [0.15, 0.2) is 10.7 Å². The second-order valence-electron chi connectivity index (χ2n) is 4.15. The number of aromatic amines is 1. The Morgan fingerprint density at radius 3 is 2.88 bits per heavy atom. The number of H-pyrrole nitrogens is 1. The summed E-state index contributed by atoms with van der Waals surface area (Å²) >= 11 is 3.48. The van der Waals surface area contributed by atoms with Gasteiger partial charge in [-0.25, -0.2) is 4.79 Å². The molecule has 1 heterocycles. The van der Waals surface area contributed by atoms with E-state index in [4.69, 9.17) is 4.74 Å². The van der Waals surface area contributed by atoms with Gasteiger partial charge in [0.1, 0.15) is 5.69 Å². The molecule has 88 valence electrons. The maximum atomic E-state index is 11.6. The van der Waals surface area contributed by atoms with Crippen LogP contribution in [0.2, 0.25) is 0 Å². The van der Waals surface area contributed by atoms with Gasteiger partial charge in [-0.2, -0.15) is 0 Å². The molecule has 2 rings (SSSR count). The number of rotatable bonds is 3. The molecule has 1 aliphatic carbocycles. The molecule has 1 aromatic rings. The van der Waals surface area contributed by atoms with E-state index in [0.717, 1.165) is 4.60 Å².